The van der Waals surface area contributed by atoms with Gasteiger partial charge in [-0.2, -0.15) is 0 Å². The molecule has 6 heteroatoms. The first-order chi connectivity index (χ1) is 13.3. The molecule has 0 aliphatic heterocycles. The highest BCUT2D eigenvalue weighted by atomic mass is 16.5. The number of aromatic nitrogens is 3. The van der Waals surface area contributed by atoms with E-state index in [9.17, 15) is 0 Å². The standard InChI is InChI=1S/C8H10O.C7H9NO.C6H8N2O/c1-9-7-8-5-3-2-4-6-8;1-9-6-7-3-2-4-8-5-7;1-9-4-6-2-7-5-8-3-6/h2-6H,7H2,1H3;2-5H,6H2,1H3;2-3,5H,4H2,1H3. The number of pyridine rings is 1. The second kappa shape index (κ2) is 15.6. The fraction of sp³-hybridized carbons (Fsp3) is 0.286. The molecule has 1 aromatic carbocycles. The van der Waals surface area contributed by atoms with Gasteiger partial charge in [0.15, 0.2) is 0 Å². The van der Waals surface area contributed by atoms with Crippen LogP contribution in [0.3, 0.4) is 0 Å². The Hall–Kier alpha value is -2.67. The first-order valence-corrected chi connectivity index (χ1v) is 8.43. The van der Waals surface area contributed by atoms with Gasteiger partial charge in [0, 0.05) is 51.7 Å². The lowest BCUT2D eigenvalue weighted by atomic mass is 10.2. The molecule has 27 heavy (non-hydrogen) atoms. The summed E-state index contributed by atoms with van der Waals surface area (Å²) < 4.78 is 14.7. The Balaban J connectivity index is 0.000000202. The minimum absolute atomic E-state index is 0.584. The predicted octanol–water partition coefficient (Wildman–Crippen LogP) is 3.68. The van der Waals surface area contributed by atoms with E-state index >= 15 is 0 Å². The molecule has 3 rings (SSSR count). The highest BCUT2D eigenvalue weighted by molar-refractivity contribution is 5.13. The van der Waals surface area contributed by atoms with E-state index in [1.54, 1.807) is 46.1 Å². The molecule has 0 fully saturated rings. The van der Waals surface area contributed by atoms with Crippen molar-refractivity contribution >= 4 is 0 Å². The Labute approximate surface area is 161 Å². The van der Waals surface area contributed by atoms with Gasteiger partial charge in [-0.05, 0) is 17.2 Å². The van der Waals surface area contributed by atoms with Gasteiger partial charge in [0.25, 0.3) is 0 Å². The lowest BCUT2D eigenvalue weighted by molar-refractivity contribution is 0.184. The molecule has 0 radical (unpaired) electrons. The van der Waals surface area contributed by atoms with E-state index < -0.39 is 0 Å². The number of hydrogen-bond acceptors (Lipinski definition) is 6. The molecule has 3 aromatic rings. The Kier molecular flexibility index (Phi) is 12.9. The van der Waals surface area contributed by atoms with Gasteiger partial charge in [-0.3, -0.25) is 4.98 Å². The maximum absolute atomic E-state index is 4.93. The molecule has 0 spiro atoms. The highest BCUT2D eigenvalue weighted by Crippen LogP contribution is 1.98. The summed E-state index contributed by atoms with van der Waals surface area (Å²) in [6.07, 6.45) is 8.51. The van der Waals surface area contributed by atoms with Crippen LogP contribution >= 0.6 is 0 Å². The number of hydrogen-bond donors (Lipinski definition) is 0. The second-order valence-electron chi connectivity index (χ2n) is 5.39. The van der Waals surface area contributed by atoms with Gasteiger partial charge < -0.3 is 14.2 Å². The molecule has 0 N–H and O–H groups in total. The molecule has 0 aliphatic rings. The van der Waals surface area contributed by atoms with E-state index in [4.69, 9.17) is 14.2 Å². The van der Waals surface area contributed by atoms with Crippen molar-refractivity contribution in [1.82, 2.24) is 15.0 Å². The molecule has 144 valence electrons. The van der Waals surface area contributed by atoms with Crippen LogP contribution in [-0.2, 0) is 34.0 Å². The van der Waals surface area contributed by atoms with Gasteiger partial charge in [0.1, 0.15) is 6.33 Å². The van der Waals surface area contributed by atoms with E-state index in [-0.39, 0.29) is 0 Å². The normalized spacial score (nSPS) is 9.44. The van der Waals surface area contributed by atoms with Crippen LogP contribution in [0.25, 0.3) is 0 Å². The minimum Gasteiger partial charge on any atom is -0.380 e. The van der Waals surface area contributed by atoms with Crippen molar-refractivity contribution in [2.75, 3.05) is 21.3 Å². The van der Waals surface area contributed by atoms with Crippen molar-refractivity contribution < 1.29 is 14.2 Å². The van der Waals surface area contributed by atoms with Crippen LogP contribution in [0.5, 0.6) is 0 Å². The fourth-order valence-electron chi connectivity index (χ4n) is 1.96. The van der Waals surface area contributed by atoms with Crippen molar-refractivity contribution in [2.24, 2.45) is 0 Å². The summed E-state index contributed by atoms with van der Waals surface area (Å²) >= 11 is 0. The second-order valence-corrected chi connectivity index (χ2v) is 5.39. The van der Waals surface area contributed by atoms with Crippen LogP contribution in [-0.4, -0.2) is 36.3 Å². The zero-order chi connectivity index (χ0) is 19.6. The topological polar surface area (TPSA) is 66.4 Å². The molecule has 2 aromatic heterocycles. The van der Waals surface area contributed by atoms with Gasteiger partial charge in [-0.25, -0.2) is 9.97 Å². The van der Waals surface area contributed by atoms with Crippen LogP contribution in [0.4, 0.5) is 0 Å². The third-order valence-corrected chi connectivity index (χ3v) is 3.11. The Morgan fingerprint density at radius 3 is 1.67 bits per heavy atom. The van der Waals surface area contributed by atoms with E-state index in [0.717, 1.165) is 11.1 Å². The van der Waals surface area contributed by atoms with E-state index in [0.29, 0.717) is 19.8 Å². The molecule has 0 amide bonds. The number of benzene rings is 1. The Bertz CT molecular complexity index is 584. The predicted molar refractivity (Wildman–Crippen MR) is 105 cm³/mol. The zero-order valence-electron chi connectivity index (χ0n) is 16.1. The van der Waals surface area contributed by atoms with Gasteiger partial charge in [0.2, 0.25) is 0 Å². The van der Waals surface area contributed by atoms with Crippen molar-refractivity contribution in [2.45, 2.75) is 19.8 Å². The summed E-state index contributed by atoms with van der Waals surface area (Å²) in [6, 6.07) is 14.0. The average molecular weight is 369 g/mol. The molecular formula is C21H27N3O3. The molecule has 2 heterocycles. The van der Waals surface area contributed by atoms with Gasteiger partial charge >= 0.3 is 0 Å². The fourth-order valence-corrected chi connectivity index (χ4v) is 1.96. The summed E-state index contributed by atoms with van der Waals surface area (Å²) in [5.74, 6) is 0. The third kappa shape index (κ3) is 11.5. The van der Waals surface area contributed by atoms with Crippen molar-refractivity contribution in [3.05, 3.63) is 90.3 Å². The average Bonchev–Trinajstić information content (AvgIpc) is 2.72. The molecule has 0 atom stereocenters. The van der Waals surface area contributed by atoms with Crippen LogP contribution in [0.1, 0.15) is 16.7 Å². The summed E-state index contributed by atoms with van der Waals surface area (Å²) in [5, 5.41) is 0. The maximum atomic E-state index is 4.93. The van der Waals surface area contributed by atoms with Crippen LogP contribution < -0.4 is 0 Å². The maximum Gasteiger partial charge on any atom is 0.115 e. The van der Waals surface area contributed by atoms with Crippen molar-refractivity contribution in [1.29, 1.82) is 0 Å². The molecule has 6 nitrogen and oxygen atoms in total. The molecule has 0 bridgehead atoms. The van der Waals surface area contributed by atoms with Gasteiger partial charge in [-0.15, -0.1) is 0 Å². The van der Waals surface area contributed by atoms with E-state index in [2.05, 4.69) is 15.0 Å². The van der Waals surface area contributed by atoms with E-state index in [1.165, 1.54) is 11.9 Å². The summed E-state index contributed by atoms with van der Waals surface area (Å²) in [7, 11) is 5.02. The quantitative estimate of drug-likeness (QED) is 0.660. The van der Waals surface area contributed by atoms with Crippen molar-refractivity contribution in [3.63, 3.8) is 0 Å². The Morgan fingerprint density at radius 1 is 0.593 bits per heavy atom. The highest BCUT2D eigenvalue weighted by Gasteiger charge is 1.87. The largest absolute Gasteiger partial charge is 0.380 e. The molecule has 0 saturated carbocycles. The number of methoxy groups -OCH3 is 3. The molecule has 0 unspecified atom stereocenters. The minimum atomic E-state index is 0.584. The van der Waals surface area contributed by atoms with Gasteiger partial charge in [0.05, 0.1) is 19.8 Å². The molecule has 0 saturated heterocycles. The molecule has 0 aliphatic carbocycles. The first kappa shape index (κ1) is 22.4. The van der Waals surface area contributed by atoms with Crippen LogP contribution in [0, 0.1) is 0 Å². The summed E-state index contributed by atoms with van der Waals surface area (Å²) in [5.41, 5.74) is 3.33. The number of ether oxygens (including phenoxy) is 3. The number of rotatable bonds is 6. The van der Waals surface area contributed by atoms with Crippen molar-refractivity contribution in [3.8, 4) is 0 Å². The van der Waals surface area contributed by atoms with Crippen LogP contribution in [0.15, 0.2) is 73.6 Å². The summed E-state index contributed by atoms with van der Waals surface area (Å²) in [6.45, 7) is 1.94. The zero-order valence-corrected chi connectivity index (χ0v) is 16.1. The van der Waals surface area contributed by atoms with Gasteiger partial charge in [-0.1, -0.05) is 36.4 Å². The van der Waals surface area contributed by atoms with Crippen LogP contribution in [0.2, 0.25) is 0 Å². The Morgan fingerprint density at radius 2 is 1.11 bits per heavy atom. The number of nitrogens with zero attached hydrogens (tertiary/aromatic N) is 3. The lowest BCUT2D eigenvalue weighted by Crippen LogP contribution is -1.88. The third-order valence-electron chi connectivity index (χ3n) is 3.11. The SMILES string of the molecule is COCc1ccccc1.COCc1cccnc1.COCc1cncnc1. The lowest BCUT2D eigenvalue weighted by Gasteiger charge is -1.95. The van der Waals surface area contributed by atoms with E-state index in [1.807, 2.05) is 42.5 Å². The first-order valence-electron chi connectivity index (χ1n) is 8.43. The molecular weight excluding hydrogens is 342 g/mol. The monoisotopic (exact) mass is 369 g/mol. The summed E-state index contributed by atoms with van der Waals surface area (Å²) in [4.78, 5) is 11.5. The smallest absolute Gasteiger partial charge is 0.115 e.